The van der Waals surface area contributed by atoms with Crippen molar-refractivity contribution < 1.29 is 0 Å². The first-order valence-electron chi connectivity index (χ1n) is 34.6. The van der Waals surface area contributed by atoms with Gasteiger partial charge in [0, 0.05) is 41.3 Å². The second-order valence-electron chi connectivity index (χ2n) is 25.6. The van der Waals surface area contributed by atoms with Crippen LogP contribution in [0.2, 0.25) is 0 Å². The van der Waals surface area contributed by atoms with Gasteiger partial charge in [0.25, 0.3) is 0 Å². The van der Waals surface area contributed by atoms with Crippen molar-refractivity contribution in [1.82, 2.24) is 0 Å². The average Bonchev–Trinajstić information content (AvgIpc) is 1.56. The van der Waals surface area contributed by atoms with E-state index in [1.165, 1.54) is 108 Å². The molecule has 0 amide bonds. The van der Waals surface area contributed by atoms with E-state index in [1.54, 1.807) is 0 Å². The van der Waals surface area contributed by atoms with Crippen LogP contribution in [0.1, 0.15) is 7.43 Å². The molecule has 2 nitrogen and oxygen atoms in total. The monoisotopic (exact) mass is 1410 g/mol. The van der Waals surface area contributed by atoms with Crippen LogP contribution in [-0.2, 0) is 0 Å². The van der Waals surface area contributed by atoms with Crippen LogP contribution in [-0.4, -0.2) is 24.6 Å². The molecule has 0 saturated heterocycles. The third-order valence-electron chi connectivity index (χ3n) is 19.9. The number of benzene rings is 16. The number of hydrogen-bond donors (Lipinski definition) is 1. The third-order valence-corrected chi connectivity index (χ3v) is 30.1. The highest BCUT2D eigenvalue weighted by Crippen LogP contribution is 2.41. The summed E-state index contributed by atoms with van der Waals surface area (Å²) in [5.74, 6) is 0. The third kappa shape index (κ3) is 13.4. The molecule has 103 heavy (non-hydrogen) atoms. The van der Waals surface area contributed by atoms with E-state index in [4.69, 9.17) is 0 Å². The van der Waals surface area contributed by atoms with Crippen LogP contribution in [0.4, 0.5) is 28.4 Å². The highest BCUT2D eigenvalue weighted by molar-refractivity contribution is 9.10. The van der Waals surface area contributed by atoms with Crippen LogP contribution in [0.25, 0.3) is 66.8 Å². The SMILES string of the molecule is Brc1ccc2c(c1)-c1ccccc1[Si]2(c1ccccc1)c1ccccc1.C.[B].c1ccc(-c2ccc(N(c3ccc(-c4ccccc4)cc3)c3ccc4c(c3)-c3ccccc3[Si]4(c3ccccc3)c3ccccc3)cc2)cc1.c1ccc(-c2ccc(Nc3ccc(-c4ccccc4)cc3)cc2)cc1. The van der Waals surface area contributed by atoms with Gasteiger partial charge in [-0.05, 0) is 181 Å². The van der Waals surface area contributed by atoms with Gasteiger partial charge >= 0.3 is 0 Å². The summed E-state index contributed by atoms with van der Waals surface area (Å²) in [6.45, 7) is 0. The van der Waals surface area contributed by atoms with E-state index in [2.05, 4.69) is 439 Å². The minimum Gasteiger partial charge on any atom is -0.356 e. The number of anilines is 5. The first kappa shape index (κ1) is 68.2. The molecular weight excluding hydrogens is 1340 g/mol. The lowest BCUT2D eigenvalue weighted by atomic mass is 10.0. The maximum absolute atomic E-state index is 3.68. The average molecular weight is 1420 g/mol. The topological polar surface area (TPSA) is 15.3 Å². The Bertz CT molecular complexity index is 5200. The van der Waals surface area contributed by atoms with E-state index in [-0.39, 0.29) is 15.8 Å². The Labute approximate surface area is 619 Å². The van der Waals surface area contributed by atoms with Crippen molar-refractivity contribution in [3.05, 3.63) is 429 Å². The Morgan fingerprint density at radius 3 is 0.786 bits per heavy atom. The smallest absolute Gasteiger partial charge is 0.180 e. The molecule has 2 aliphatic rings. The first-order valence-corrected chi connectivity index (χ1v) is 39.4. The number of fused-ring (bicyclic) bond motifs is 6. The fourth-order valence-electron chi connectivity index (χ4n) is 15.2. The molecular formula is C97H75BBrN2Si2. The molecule has 0 bridgehead atoms. The molecule has 0 saturated carbocycles. The van der Waals surface area contributed by atoms with Crippen LogP contribution in [0.15, 0.2) is 429 Å². The van der Waals surface area contributed by atoms with Crippen molar-refractivity contribution >= 4 is 110 Å². The van der Waals surface area contributed by atoms with Crippen LogP contribution >= 0.6 is 15.9 Å². The molecule has 0 fully saturated rings. The summed E-state index contributed by atoms with van der Waals surface area (Å²) < 4.78 is 1.14. The molecule has 0 aliphatic carbocycles. The van der Waals surface area contributed by atoms with Gasteiger partial charge in [0.2, 0.25) is 0 Å². The first-order chi connectivity index (χ1) is 50.0. The summed E-state index contributed by atoms with van der Waals surface area (Å²) in [7, 11) is -4.82. The summed E-state index contributed by atoms with van der Waals surface area (Å²) in [4.78, 5) is 2.40. The van der Waals surface area contributed by atoms with Gasteiger partial charge in [0.05, 0.1) is 0 Å². The predicted octanol–water partition coefficient (Wildman–Crippen LogP) is 20.7. The Balaban J connectivity index is 0.000000143. The van der Waals surface area contributed by atoms with Crippen LogP contribution < -0.4 is 51.7 Å². The fourth-order valence-corrected chi connectivity index (χ4v) is 25.9. The second kappa shape index (κ2) is 30.9. The molecule has 18 rings (SSSR count). The van der Waals surface area contributed by atoms with Crippen molar-refractivity contribution in [1.29, 1.82) is 0 Å². The van der Waals surface area contributed by atoms with Crippen LogP contribution in [0.5, 0.6) is 0 Å². The maximum Gasteiger partial charge on any atom is 0.180 e. The van der Waals surface area contributed by atoms with E-state index in [9.17, 15) is 0 Å². The van der Waals surface area contributed by atoms with Gasteiger partial charge in [0.15, 0.2) is 16.1 Å². The maximum atomic E-state index is 3.68. The second-order valence-corrected chi connectivity index (χ2v) is 34.0. The molecule has 491 valence electrons. The summed E-state index contributed by atoms with van der Waals surface area (Å²) >= 11 is 3.68. The standard InChI is InChI=1S/C48H35NSi.C24H17BrSi.C24H19N.CH4.B/c1-5-15-36(16-6-1)38-25-29-40(30-26-38)49(41-31-27-39(28-32-41)37-17-7-2-8-18-37)42-33-34-48-46(35-42)45-23-13-14-24-47(45)50(48,43-19-9-3-10-20-43)44-21-11-4-12-22-44;25-18-15-16-24-22(17-18)21-13-7-8-14-23(21)26(24,19-9-3-1-4-10-19)20-11-5-2-6-12-20;1-3-7-19(8-4-1)21-11-15-23(16-12-21)25-24-17-13-22(14-18-24)20-9-5-2-6-10-20;;/h1-35H;1-17H;1-18,25H;1H4;. The molecule has 3 radical (unpaired) electrons. The number of halogens is 1. The Morgan fingerprint density at radius 1 is 0.214 bits per heavy atom. The quantitative estimate of drug-likeness (QED) is 0.116. The summed E-state index contributed by atoms with van der Waals surface area (Å²) in [5.41, 5.74) is 20.8. The molecule has 0 atom stereocenters. The normalized spacial score (nSPS) is 12.1. The molecule has 16 aromatic rings. The summed E-state index contributed by atoms with van der Waals surface area (Å²) in [6, 6.07) is 154. The van der Waals surface area contributed by atoms with Crippen LogP contribution in [0, 0.1) is 0 Å². The lowest BCUT2D eigenvalue weighted by Gasteiger charge is -2.32. The van der Waals surface area contributed by atoms with E-state index in [1.807, 2.05) is 12.1 Å². The molecule has 1 N–H and O–H groups in total. The molecule has 0 unspecified atom stereocenters. The molecule has 0 spiro atoms. The zero-order chi connectivity index (χ0) is 67.8. The van der Waals surface area contributed by atoms with Crippen LogP contribution in [0.3, 0.4) is 0 Å². The van der Waals surface area contributed by atoms with Crippen molar-refractivity contribution in [3.8, 4) is 66.8 Å². The van der Waals surface area contributed by atoms with E-state index < -0.39 is 16.1 Å². The van der Waals surface area contributed by atoms with Gasteiger partial charge in [0.1, 0.15) is 0 Å². The Morgan fingerprint density at radius 2 is 0.456 bits per heavy atom. The summed E-state index contributed by atoms with van der Waals surface area (Å²) in [5, 5.41) is 15.0. The van der Waals surface area contributed by atoms with Gasteiger partial charge in [-0.2, -0.15) is 0 Å². The van der Waals surface area contributed by atoms with Gasteiger partial charge in [-0.3, -0.25) is 0 Å². The Hall–Kier alpha value is -11.9. The van der Waals surface area contributed by atoms with Gasteiger partial charge < -0.3 is 10.2 Å². The van der Waals surface area contributed by atoms with E-state index >= 15 is 0 Å². The van der Waals surface area contributed by atoms with Gasteiger partial charge in [-0.1, -0.05) is 375 Å². The number of nitrogens with zero attached hydrogens (tertiary/aromatic N) is 1. The van der Waals surface area contributed by atoms with Gasteiger partial charge in [-0.25, -0.2) is 0 Å². The minimum absolute atomic E-state index is 0. The highest BCUT2D eigenvalue weighted by atomic mass is 79.9. The zero-order valence-corrected chi connectivity index (χ0v) is 59.9. The van der Waals surface area contributed by atoms with E-state index in [0.717, 1.165) is 32.9 Å². The van der Waals surface area contributed by atoms with Gasteiger partial charge in [-0.15, -0.1) is 0 Å². The van der Waals surface area contributed by atoms with Crippen molar-refractivity contribution in [3.63, 3.8) is 0 Å². The number of hydrogen-bond acceptors (Lipinski definition) is 2. The van der Waals surface area contributed by atoms with Crippen molar-refractivity contribution in [2.24, 2.45) is 0 Å². The van der Waals surface area contributed by atoms with Crippen molar-refractivity contribution in [2.45, 2.75) is 7.43 Å². The van der Waals surface area contributed by atoms with Crippen molar-refractivity contribution in [2.75, 3.05) is 10.2 Å². The lowest BCUT2D eigenvalue weighted by Crippen LogP contribution is -2.72. The minimum atomic E-state index is -2.55. The highest BCUT2D eigenvalue weighted by Gasteiger charge is 2.50. The molecule has 16 aromatic carbocycles. The fraction of sp³-hybridized carbons (Fsp3) is 0.0103. The zero-order valence-electron chi connectivity index (χ0n) is 56.3. The molecule has 2 heterocycles. The predicted molar refractivity (Wildman–Crippen MR) is 451 cm³/mol. The number of nitrogens with one attached hydrogen (secondary N) is 1. The lowest BCUT2D eigenvalue weighted by molar-refractivity contribution is 1.29. The largest absolute Gasteiger partial charge is 0.356 e. The number of rotatable bonds is 13. The molecule has 0 aromatic heterocycles. The van der Waals surface area contributed by atoms with E-state index in [0.29, 0.717) is 0 Å². The molecule has 6 heteroatoms. The Kier molecular flexibility index (Phi) is 20.5. The summed E-state index contributed by atoms with van der Waals surface area (Å²) in [6.07, 6.45) is 0. The molecule has 2 aliphatic heterocycles.